The molecule has 7 nitrogen and oxygen atoms in total. The second-order valence-electron chi connectivity index (χ2n) is 13.8. The average molecular weight is 666 g/mol. The van der Waals surface area contributed by atoms with Gasteiger partial charge in [-0.2, -0.15) is 4.31 Å². The minimum absolute atomic E-state index is 0.0506. The van der Waals surface area contributed by atoms with Crippen LogP contribution in [0.15, 0.2) is 23.1 Å². The van der Waals surface area contributed by atoms with Crippen molar-refractivity contribution < 1.29 is 13.3 Å². The van der Waals surface area contributed by atoms with Crippen molar-refractivity contribution in [1.29, 1.82) is 0 Å². The van der Waals surface area contributed by atoms with Crippen LogP contribution in [0.25, 0.3) is 0 Å². The lowest BCUT2D eigenvalue weighted by molar-refractivity contribution is -0.384. The van der Waals surface area contributed by atoms with E-state index in [9.17, 15) is 18.5 Å². The number of nitrogens with zero attached hydrogens (tertiary/aromatic N) is 3. The van der Waals surface area contributed by atoms with Gasteiger partial charge < -0.3 is 4.90 Å². The van der Waals surface area contributed by atoms with Crippen LogP contribution in [-0.4, -0.2) is 43.8 Å². The van der Waals surface area contributed by atoms with E-state index in [2.05, 4.69) is 60.3 Å². The second kappa shape index (κ2) is 23.6. The van der Waals surface area contributed by atoms with E-state index >= 15 is 0 Å². The van der Waals surface area contributed by atoms with E-state index in [0.717, 1.165) is 116 Å². The largest absolute Gasteiger partial charge is 0.365 e. The van der Waals surface area contributed by atoms with Crippen LogP contribution in [0, 0.1) is 33.8 Å². The van der Waals surface area contributed by atoms with Crippen LogP contribution in [0.3, 0.4) is 0 Å². The molecule has 0 radical (unpaired) electrons. The lowest BCUT2D eigenvalue weighted by Crippen LogP contribution is -2.39. The summed E-state index contributed by atoms with van der Waals surface area (Å²) in [6.45, 7) is 19.9. The molecule has 0 saturated carbocycles. The smallest absolute Gasteiger partial charge is 0.293 e. The summed E-state index contributed by atoms with van der Waals surface area (Å²) in [7, 11) is -3.93. The first-order chi connectivity index (χ1) is 22.1. The van der Waals surface area contributed by atoms with Gasteiger partial charge in [0.05, 0.1) is 9.82 Å². The number of nitro groups is 1. The number of rotatable bonds is 28. The summed E-state index contributed by atoms with van der Waals surface area (Å²) in [5.74, 6) is 1.41. The molecule has 0 saturated heterocycles. The molecule has 1 rings (SSSR count). The first-order valence-corrected chi connectivity index (χ1v) is 20.5. The molecule has 4 atom stereocenters. The molecule has 0 aliphatic heterocycles. The predicted octanol–water partition coefficient (Wildman–Crippen LogP) is 11.3. The molecule has 0 aliphatic rings. The topological polar surface area (TPSA) is 83.8 Å². The Kier molecular flexibility index (Phi) is 21.7. The van der Waals surface area contributed by atoms with Gasteiger partial charge in [-0.1, -0.05) is 132 Å². The summed E-state index contributed by atoms with van der Waals surface area (Å²) in [6, 6.07) is 4.76. The van der Waals surface area contributed by atoms with Crippen molar-refractivity contribution in [1.82, 2.24) is 4.31 Å². The molecule has 0 bridgehead atoms. The summed E-state index contributed by atoms with van der Waals surface area (Å²) in [5.41, 5.74) is 0.469. The Morgan fingerprint density at radius 3 is 1.33 bits per heavy atom. The van der Waals surface area contributed by atoms with Crippen LogP contribution in [-0.2, 0) is 10.0 Å². The van der Waals surface area contributed by atoms with Gasteiger partial charge in [0.15, 0.2) is 0 Å². The zero-order valence-corrected chi connectivity index (χ0v) is 31.9. The Labute approximate surface area is 284 Å². The third-order valence-corrected chi connectivity index (χ3v) is 12.0. The first-order valence-electron chi connectivity index (χ1n) is 19.1. The van der Waals surface area contributed by atoms with Crippen molar-refractivity contribution >= 4 is 21.4 Å². The van der Waals surface area contributed by atoms with E-state index < -0.39 is 10.0 Å². The normalized spacial score (nSPS) is 14.7. The highest BCUT2D eigenvalue weighted by molar-refractivity contribution is 7.89. The molecule has 0 N–H and O–H groups in total. The fourth-order valence-corrected chi connectivity index (χ4v) is 8.25. The molecule has 46 heavy (non-hydrogen) atoms. The summed E-state index contributed by atoms with van der Waals surface area (Å²) < 4.78 is 30.5. The zero-order valence-electron chi connectivity index (χ0n) is 31.1. The van der Waals surface area contributed by atoms with E-state index in [0.29, 0.717) is 30.6 Å². The maximum atomic E-state index is 14.4. The monoisotopic (exact) mass is 666 g/mol. The van der Waals surface area contributed by atoms with Gasteiger partial charge in [0.1, 0.15) is 5.69 Å². The Morgan fingerprint density at radius 1 is 0.630 bits per heavy atom. The van der Waals surface area contributed by atoms with Gasteiger partial charge in [0.2, 0.25) is 10.0 Å². The van der Waals surface area contributed by atoms with Gasteiger partial charge in [-0.25, -0.2) is 8.42 Å². The van der Waals surface area contributed by atoms with Crippen molar-refractivity contribution in [3.8, 4) is 0 Å². The average Bonchev–Trinajstić information content (AvgIpc) is 3.06. The summed E-state index contributed by atoms with van der Waals surface area (Å²) in [6.07, 6.45) is 16.9. The van der Waals surface area contributed by atoms with E-state index in [1.165, 1.54) is 6.07 Å². The maximum Gasteiger partial charge on any atom is 0.293 e. The van der Waals surface area contributed by atoms with Crippen molar-refractivity contribution in [2.45, 2.75) is 163 Å². The lowest BCUT2D eigenvalue weighted by Gasteiger charge is -2.33. The van der Waals surface area contributed by atoms with Crippen molar-refractivity contribution in [3.05, 3.63) is 28.3 Å². The van der Waals surface area contributed by atoms with E-state index in [-0.39, 0.29) is 27.3 Å². The molecule has 0 fully saturated rings. The highest BCUT2D eigenvalue weighted by Gasteiger charge is 2.32. The molecule has 0 spiro atoms. The van der Waals surface area contributed by atoms with Crippen LogP contribution in [0.2, 0.25) is 0 Å². The number of sulfonamides is 1. The second-order valence-corrected chi connectivity index (χ2v) is 15.7. The van der Waals surface area contributed by atoms with Gasteiger partial charge in [0.25, 0.3) is 5.69 Å². The summed E-state index contributed by atoms with van der Waals surface area (Å²) in [4.78, 5) is 14.6. The molecule has 268 valence electrons. The number of anilines is 1. The highest BCUT2D eigenvalue weighted by atomic mass is 32.2. The molecule has 0 unspecified atom stereocenters. The van der Waals surface area contributed by atoms with Gasteiger partial charge in [0, 0.05) is 32.2 Å². The van der Waals surface area contributed by atoms with Crippen LogP contribution in [0.4, 0.5) is 11.4 Å². The lowest BCUT2D eigenvalue weighted by atomic mass is 9.95. The van der Waals surface area contributed by atoms with Crippen LogP contribution >= 0.6 is 0 Å². The fraction of sp³-hybridized carbons (Fsp3) is 0.842. The molecular weight excluding hydrogens is 595 g/mol. The Hall–Kier alpha value is -1.67. The van der Waals surface area contributed by atoms with Crippen molar-refractivity contribution in [2.75, 3.05) is 31.1 Å². The maximum absolute atomic E-state index is 14.4. The molecule has 0 aliphatic carbocycles. The number of hydrogen-bond donors (Lipinski definition) is 0. The standard InChI is InChI=1S/C38H71N3O4S/c1-9-17-21-32(13-5)28-39(29-33(14-6)22-18-10-2)37-26-25-36(27-38(37)41(42)43)46(44,45)40(30-34(15-7)23-19-11-3)31-35(16-8)24-20-12-4/h25-27,32-35H,9-24,28-31H2,1-8H3/t32-,33+,34-,35-/m0/s1. The van der Waals surface area contributed by atoms with Gasteiger partial charge in [-0.15, -0.1) is 0 Å². The molecule has 1 aromatic rings. The van der Waals surface area contributed by atoms with Crippen LogP contribution < -0.4 is 4.90 Å². The van der Waals surface area contributed by atoms with Gasteiger partial charge in [-0.3, -0.25) is 10.1 Å². The SMILES string of the molecule is CCCC[C@@H](CC)CN(C[C@@H](CC)CCCC)c1ccc(S(=O)(=O)N(C[C@@H](CC)CCCC)C[C@@H](CC)CCCC)cc1[N+](=O)[O-]. The quantitative estimate of drug-likeness (QED) is 0.0657. The molecule has 0 aromatic heterocycles. The van der Waals surface area contributed by atoms with Gasteiger partial charge >= 0.3 is 0 Å². The third-order valence-electron chi connectivity index (χ3n) is 10.2. The number of hydrogen-bond acceptors (Lipinski definition) is 5. The van der Waals surface area contributed by atoms with E-state index in [1.807, 2.05) is 0 Å². The number of benzene rings is 1. The molecule has 8 heteroatoms. The minimum atomic E-state index is -3.93. The Bertz CT molecular complexity index is 1030. The minimum Gasteiger partial charge on any atom is -0.365 e. The van der Waals surface area contributed by atoms with E-state index in [1.54, 1.807) is 16.4 Å². The van der Waals surface area contributed by atoms with Crippen molar-refractivity contribution in [3.63, 3.8) is 0 Å². The van der Waals surface area contributed by atoms with Crippen LogP contribution in [0.1, 0.15) is 158 Å². The predicted molar refractivity (Wildman–Crippen MR) is 197 cm³/mol. The fourth-order valence-electron chi connectivity index (χ4n) is 6.64. The number of unbranched alkanes of at least 4 members (excludes halogenated alkanes) is 4. The van der Waals surface area contributed by atoms with Gasteiger partial charge in [-0.05, 0) is 61.5 Å². The number of nitro benzene ring substituents is 1. The molecule has 0 heterocycles. The first kappa shape index (κ1) is 42.4. The molecule has 1 aromatic carbocycles. The third kappa shape index (κ3) is 14.2. The van der Waals surface area contributed by atoms with Crippen molar-refractivity contribution in [2.24, 2.45) is 23.7 Å². The van der Waals surface area contributed by atoms with E-state index in [4.69, 9.17) is 0 Å². The Morgan fingerprint density at radius 2 is 1.00 bits per heavy atom. The summed E-state index contributed by atoms with van der Waals surface area (Å²) >= 11 is 0. The van der Waals surface area contributed by atoms with Crippen LogP contribution in [0.5, 0.6) is 0 Å². The molecule has 0 amide bonds. The highest BCUT2D eigenvalue weighted by Crippen LogP contribution is 2.35. The zero-order chi connectivity index (χ0) is 34.5. The molecular formula is C38H71N3O4S. The Balaban J connectivity index is 3.66. The summed E-state index contributed by atoms with van der Waals surface area (Å²) in [5, 5.41) is 12.7.